The standard InChI is InChI=1S/C51H35N/c1-51(2)46-30-36(42-22-10-16-33-13-4-7-19-39(33)42)25-27-49(46)52-48-26-24-35(41-21-9-15-32-12-3-6-18-38(32)41)28-44(48)45-29-37(31-47(51)50(45)52)43-23-11-17-34-14-5-8-20-40(34)43/h3-31H,1-2H3. The predicted molar refractivity (Wildman–Crippen MR) is 222 cm³/mol. The largest absolute Gasteiger partial charge is 0.309 e. The van der Waals surface area contributed by atoms with Gasteiger partial charge in [-0.1, -0.05) is 153 Å². The summed E-state index contributed by atoms with van der Waals surface area (Å²) in [7, 11) is 0. The maximum atomic E-state index is 2.55. The van der Waals surface area contributed by atoms with Crippen LogP contribution in [0.15, 0.2) is 176 Å². The molecule has 10 aromatic rings. The van der Waals surface area contributed by atoms with E-state index < -0.39 is 0 Å². The number of benzene rings is 9. The zero-order valence-corrected chi connectivity index (χ0v) is 29.2. The number of fused-ring (bicyclic) bond motifs is 8. The van der Waals surface area contributed by atoms with Crippen molar-refractivity contribution in [1.29, 1.82) is 0 Å². The highest BCUT2D eigenvalue weighted by molar-refractivity contribution is 6.15. The summed E-state index contributed by atoms with van der Waals surface area (Å²) >= 11 is 0. The summed E-state index contributed by atoms with van der Waals surface area (Å²) in [6.45, 7) is 4.84. The third kappa shape index (κ3) is 4.11. The van der Waals surface area contributed by atoms with Crippen molar-refractivity contribution in [3.8, 4) is 39.1 Å². The van der Waals surface area contributed by atoms with Crippen LogP contribution in [-0.2, 0) is 5.41 Å². The lowest BCUT2D eigenvalue weighted by atomic mass is 9.73. The smallest absolute Gasteiger partial charge is 0.0582 e. The van der Waals surface area contributed by atoms with E-state index in [1.54, 1.807) is 0 Å². The molecule has 1 aromatic heterocycles. The molecule has 9 aromatic carbocycles. The Morgan fingerprint density at radius 2 is 0.827 bits per heavy atom. The summed E-state index contributed by atoms with van der Waals surface area (Å²) in [6.07, 6.45) is 0. The first-order chi connectivity index (χ1) is 25.5. The Morgan fingerprint density at radius 1 is 0.365 bits per heavy atom. The van der Waals surface area contributed by atoms with Gasteiger partial charge in [-0.3, -0.25) is 0 Å². The number of hydrogen-bond donors (Lipinski definition) is 0. The van der Waals surface area contributed by atoms with Crippen LogP contribution >= 0.6 is 0 Å². The fraction of sp³-hybridized carbons (Fsp3) is 0.0588. The zero-order valence-electron chi connectivity index (χ0n) is 29.2. The fourth-order valence-electron chi connectivity index (χ4n) is 9.17. The molecule has 0 N–H and O–H groups in total. The second-order valence-corrected chi connectivity index (χ2v) is 14.9. The van der Waals surface area contributed by atoms with Crippen molar-refractivity contribution in [2.75, 3.05) is 0 Å². The maximum Gasteiger partial charge on any atom is 0.0582 e. The zero-order chi connectivity index (χ0) is 34.6. The number of nitrogens with zero attached hydrogens (tertiary/aromatic N) is 1. The molecular weight excluding hydrogens is 627 g/mol. The normalized spacial score (nSPS) is 13.3. The maximum absolute atomic E-state index is 2.55. The van der Waals surface area contributed by atoms with E-state index in [0.29, 0.717) is 0 Å². The first-order valence-corrected chi connectivity index (χ1v) is 18.3. The lowest BCUT2D eigenvalue weighted by molar-refractivity contribution is 0.630. The predicted octanol–water partition coefficient (Wildman–Crippen LogP) is 13.9. The first kappa shape index (κ1) is 29.3. The van der Waals surface area contributed by atoms with E-state index in [1.165, 1.54) is 104 Å². The SMILES string of the molecule is CC1(C)c2cc(-c3cccc4ccccc34)ccc2-n2c3ccc(-c4cccc5ccccc45)cc3c3cc(-c4cccc5ccccc45)cc1c32. The molecular formula is C51H35N. The Morgan fingerprint density at radius 3 is 1.42 bits per heavy atom. The van der Waals surface area contributed by atoms with Gasteiger partial charge in [-0.2, -0.15) is 0 Å². The van der Waals surface area contributed by atoms with E-state index in [-0.39, 0.29) is 5.41 Å². The molecule has 0 unspecified atom stereocenters. The van der Waals surface area contributed by atoms with Gasteiger partial charge in [0, 0.05) is 16.2 Å². The van der Waals surface area contributed by atoms with Crippen molar-refractivity contribution in [2.24, 2.45) is 0 Å². The van der Waals surface area contributed by atoms with Crippen molar-refractivity contribution in [1.82, 2.24) is 4.57 Å². The van der Waals surface area contributed by atoms with Crippen LogP contribution in [0, 0.1) is 0 Å². The lowest BCUT2D eigenvalue weighted by Crippen LogP contribution is -2.26. The van der Waals surface area contributed by atoms with Crippen LogP contribution in [0.2, 0.25) is 0 Å². The summed E-state index contributed by atoms with van der Waals surface area (Å²) in [6, 6.07) is 65.5. The molecule has 0 spiro atoms. The molecule has 2 heterocycles. The Hall–Kier alpha value is -6.44. The van der Waals surface area contributed by atoms with Crippen molar-refractivity contribution < 1.29 is 0 Å². The number of aromatic nitrogens is 1. The van der Waals surface area contributed by atoms with Crippen LogP contribution in [0.1, 0.15) is 25.0 Å². The minimum Gasteiger partial charge on any atom is -0.309 e. The highest BCUT2D eigenvalue weighted by Crippen LogP contribution is 2.51. The van der Waals surface area contributed by atoms with Crippen LogP contribution in [0.4, 0.5) is 0 Å². The molecule has 1 aliphatic rings. The minimum absolute atomic E-state index is 0.252. The van der Waals surface area contributed by atoms with Crippen molar-refractivity contribution >= 4 is 54.1 Å². The average molecular weight is 662 g/mol. The summed E-state index contributed by atoms with van der Waals surface area (Å²) in [5.41, 5.74) is 13.8. The molecule has 244 valence electrons. The molecule has 0 saturated carbocycles. The molecule has 0 saturated heterocycles. The van der Waals surface area contributed by atoms with Gasteiger partial charge in [0.1, 0.15) is 0 Å². The molecule has 0 aliphatic carbocycles. The molecule has 1 aliphatic heterocycles. The summed E-state index contributed by atoms with van der Waals surface area (Å²) in [5.74, 6) is 0. The third-order valence-corrected chi connectivity index (χ3v) is 11.7. The van der Waals surface area contributed by atoms with Gasteiger partial charge in [0.25, 0.3) is 0 Å². The molecule has 0 fully saturated rings. The van der Waals surface area contributed by atoms with E-state index in [4.69, 9.17) is 0 Å². The molecule has 0 radical (unpaired) electrons. The Balaban J connectivity index is 1.23. The van der Waals surface area contributed by atoms with Gasteiger partial charge >= 0.3 is 0 Å². The molecule has 1 heteroatoms. The van der Waals surface area contributed by atoms with Crippen molar-refractivity contribution in [2.45, 2.75) is 19.3 Å². The Bertz CT molecular complexity index is 3080. The van der Waals surface area contributed by atoms with E-state index in [9.17, 15) is 0 Å². The molecule has 0 amide bonds. The molecule has 1 nitrogen and oxygen atoms in total. The Kier molecular flexibility index (Phi) is 6.08. The van der Waals surface area contributed by atoms with Gasteiger partial charge in [0.15, 0.2) is 0 Å². The van der Waals surface area contributed by atoms with Gasteiger partial charge in [-0.05, 0) is 113 Å². The van der Waals surface area contributed by atoms with Crippen LogP contribution in [0.3, 0.4) is 0 Å². The first-order valence-electron chi connectivity index (χ1n) is 18.3. The molecule has 11 rings (SSSR count). The van der Waals surface area contributed by atoms with Crippen LogP contribution in [-0.4, -0.2) is 4.57 Å². The highest BCUT2D eigenvalue weighted by Gasteiger charge is 2.36. The van der Waals surface area contributed by atoms with Gasteiger partial charge in [-0.15, -0.1) is 0 Å². The number of rotatable bonds is 3. The van der Waals surface area contributed by atoms with Crippen LogP contribution in [0.5, 0.6) is 0 Å². The summed E-state index contributed by atoms with van der Waals surface area (Å²) < 4.78 is 2.55. The van der Waals surface area contributed by atoms with E-state index >= 15 is 0 Å². The summed E-state index contributed by atoms with van der Waals surface area (Å²) in [5, 5.41) is 10.2. The average Bonchev–Trinajstić information content (AvgIpc) is 3.52. The summed E-state index contributed by atoms with van der Waals surface area (Å²) in [4.78, 5) is 0. The van der Waals surface area contributed by atoms with E-state index in [2.05, 4.69) is 194 Å². The highest BCUT2D eigenvalue weighted by atomic mass is 15.0. The van der Waals surface area contributed by atoms with Gasteiger partial charge in [-0.25, -0.2) is 0 Å². The Labute approximate surface area is 303 Å². The van der Waals surface area contributed by atoms with E-state index in [0.717, 1.165) is 0 Å². The third-order valence-electron chi connectivity index (χ3n) is 11.7. The quantitative estimate of drug-likeness (QED) is 0.178. The second kappa shape index (κ2) is 10.8. The molecule has 52 heavy (non-hydrogen) atoms. The molecule has 0 atom stereocenters. The van der Waals surface area contributed by atoms with Crippen LogP contribution in [0.25, 0.3) is 93.2 Å². The van der Waals surface area contributed by atoms with Gasteiger partial charge < -0.3 is 4.57 Å². The second-order valence-electron chi connectivity index (χ2n) is 14.9. The monoisotopic (exact) mass is 661 g/mol. The topological polar surface area (TPSA) is 4.93 Å². The van der Waals surface area contributed by atoms with Crippen LogP contribution < -0.4 is 0 Å². The van der Waals surface area contributed by atoms with Crippen molar-refractivity contribution in [3.63, 3.8) is 0 Å². The van der Waals surface area contributed by atoms with Gasteiger partial charge in [0.2, 0.25) is 0 Å². The molecule has 0 bridgehead atoms. The fourth-order valence-corrected chi connectivity index (χ4v) is 9.17. The van der Waals surface area contributed by atoms with Gasteiger partial charge in [0.05, 0.1) is 16.7 Å². The lowest BCUT2D eigenvalue weighted by Gasteiger charge is -2.35. The number of hydrogen-bond acceptors (Lipinski definition) is 0. The van der Waals surface area contributed by atoms with E-state index in [1.807, 2.05) is 0 Å². The minimum atomic E-state index is -0.252. The van der Waals surface area contributed by atoms with Crippen molar-refractivity contribution in [3.05, 3.63) is 187 Å².